The second-order valence-electron chi connectivity index (χ2n) is 8.02. The van der Waals surface area contributed by atoms with Crippen LogP contribution in [0.4, 0.5) is 5.82 Å². The van der Waals surface area contributed by atoms with E-state index in [0.29, 0.717) is 28.9 Å². The quantitative estimate of drug-likeness (QED) is 0.420. The van der Waals surface area contributed by atoms with Gasteiger partial charge in [-0.15, -0.1) is 0 Å². The van der Waals surface area contributed by atoms with Gasteiger partial charge in [-0.25, -0.2) is 0 Å². The first-order valence-electron chi connectivity index (χ1n) is 10.8. The molecule has 0 spiro atoms. The van der Waals surface area contributed by atoms with E-state index >= 15 is 0 Å². The summed E-state index contributed by atoms with van der Waals surface area (Å²) in [5, 5.41) is 3.48. The summed E-state index contributed by atoms with van der Waals surface area (Å²) in [6, 6.07) is 15.9. The Balaban J connectivity index is 1.64. The Morgan fingerprint density at radius 1 is 1.19 bits per heavy atom. The topological polar surface area (TPSA) is 73.2 Å². The molecule has 0 bridgehead atoms. The lowest BCUT2D eigenvalue weighted by Gasteiger charge is -2.27. The first-order valence-corrected chi connectivity index (χ1v) is 11.8. The van der Waals surface area contributed by atoms with Gasteiger partial charge < -0.3 is 14.6 Å². The lowest BCUT2D eigenvalue weighted by Crippen LogP contribution is -2.33. The largest absolute Gasteiger partial charge is 0.494 e. The van der Waals surface area contributed by atoms with Gasteiger partial charge >= 0.3 is 0 Å². The third kappa shape index (κ3) is 4.72. The highest BCUT2D eigenvalue weighted by atomic mass is 32.2. The molecule has 166 valence electrons. The number of thioether (sulfide) groups is 1. The molecule has 0 saturated heterocycles. The minimum absolute atomic E-state index is 0.107. The van der Waals surface area contributed by atoms with Gasteiger partial charge in [0.05, 0.1) is 12.2 Å². The van der Waals surface area contributed by atoms with Crippen LogP contribution in [0.2, 0.25) is 0 Å². The maximum atomic E-state index is 13.1. The molecule has 3 aromatic rings. The van der Waals surface area contributed by atoms with Gasteiger partial charge in [-0.2, -0.15) is 4.98 Å². The normalized spacial score (nSPS) is 15.2. The second-order valence-corrected chi connectivity index (χ2v) is 8.96. The van der Waals surface area contributed by atoms with Crippen LogP contribution >= 0.6 is 11.8 Å². The number of aromatic nitrogens is 2. The van der Waals surface area contributed by atoms with E-state index in [2.05, 4.69) is 42.3 Å². The van der Waals surface area contributed by atoms with Crippen molar-refractivity contribution in [2.24, 2.45) is 7.05 Å². The van der Waals surface area contributed by atoms with Crippen LogP contribution in [-0.4, -0.2) is 22.1 Å². The molecule has 32 heavy (non-hydrogen) atoms. The van der Waals surface area contributed by atoms with E-state index in [0.717, 1.165) is 23.3 Å². The van der Waals surface area contributed by atoms with Crippen molar-refractivity contribution in [1.29, 1.82) is 0 Å². The van der Waals surface area contributed by atoms with Crippen LogP contribution < -0.4 is 15.6 Å². The molecule has 2 aromatic carbocycles. The molecule has 1 aliphatic heterocycles. The maximum Gasteiger partial charge on any atom is 0.279 e. The van der Waals surface area contributed by atoms with E-state index in [1.54, 1.807) is 0 Å². The fourth-order valence-electron chi connectivity index (χ4n) is 3.92. The van der Waals surface area contributed by atoms with Crippen LogP contribution in [0.25, 0.3) is 0 Å². The monoisotopic (exact) mass is 449 g/mol. The number of carbonyl (C=O) groups is 1. The van der Waals surface area contributed by atoms with E-state index in [9.17, 15) is 9.59 Å². The average Bonchev–Trinajstić information content (AvgIpc) is 2.79. The summed E-state index contributed by atoms with van der Waals surface area (Å²) < 4.78 is 7.48. The first kappa shape index (κ1) is 22.1. The Bertz CT molecular complexity index is 1190. The first-order chi connectivity index (χ1) is 15.5. The Hall–Kier alpha value is -3.06. The predicted octanol–water partition coefficient (Wildman–Crippen LogP) is 4.64. The molecule has 7 heteroatoms. The van der Waals surface area contributed by atoms with Crippen molar-refractivity contribution >= 4 is 23.5 Å². The van der Waals surface area contributed by atoms with Crippen molar-refractivity contribution in [3.05, 3.63) is 81.1 Å². The SMILES string of the molecule is CCCOc1ccc([C@@H]2CC(=O)Nc3c2c(=O)nc(SCc2cccc(C)c2)n3C)cc1. The number of fused-ring (bicyclic) bond motifs is 1. The summed E-state index contributed by atoms with van der Waals surface area (Å²) in [4.78, 5) is 30.0. The maximum absolute atomic E-state index is 13.1. The molecular formula is C25H27N3O3S. The van der Waals surface area contributed by atoms with Crippen molar-refractivity contribution in [1.82, 2.24) is 9.55 Å². The van der Waals surface area contributed by atoms with Gasteiger partial charge in [-0.1, -0.05) is 60.6 Å². The number of ether oxygens (including phenoxy) is 1. The Morgan fingerprint density at radius 3 is 2.69 bits per heavy atom. The van der Waals surface area contributed by atoms with Gasteiger partial charge in [-0.05, 0) is 36.6 Å². The van der Waals surface area contributed by atoms with Crippen molar-refractivity contribution in [2.75, 3.05) is 11.9 Å². The minimum Gasteiger partial charge on any atom is -0.494 e. The number of benzene rings is 2. The van der Waals surface area contributed by atoms with Crippen LogP contribution in [0.3, 0.4) is 0 Å². The van der Waals surface area contributed by atoms with E-state index in [1.807, 2.05) is 41.9 Å². The molecule has 0 aliphatic carbocycles. The minimum atomic E-state index is -0.332. The third-order valence-electron chi connectivity index (χ3n) is 5.51. The highest BCUT2D eigenvalue weighted by Crippen LogP contribution is 2.36. The number of carbonyl (C=O) groups excluding carboxylic acids is 1. The summed E-state index contributed by atoms with van der Waals surface area (Å²) in [5.74, 6) is 1.57. The second kappa shape index (κ2) is 9.61. The van der Waals surface area contributed by atoms with Crippen LogP contribution in [0, 0.1) is 6.92 Å². The summed E-state index contributed by atoms with van der Waals surface area (Å²) in [6.07, 6.45) is 1.15. The van der Waals surface area contributed by atoms with Crippen LogP contribution in [-0.2, 0) is 17.6 Å². The number of aryl methyl sites for hydroxylation is 1. The predicted molar refractivity (Wildman–Crippen MR) is 128 cm³/mol. The van der Waals surface area contributed by atoms with E-state index in [1.165, 1.54) is 17.3 Å². The van der Waals surface area contributed by atoms with Gasteiger partial charge in [0, 0.05) is 25.1 Å². The molecule has 6 nitrogen and oxygen atoms in total. The molecule has 1 N–H and O–H groups in total. The summed E-state index contributed by atoms with van der Waals surface area (Å²) in [7, 11) is 1.84. The van der Waals surface area contributed by atoms with Crippen molar-refractivity contribution < 1.29 is 9.53 Å². The molecule has 0 saturated carbocycles. The van der Waals surface area contributed by atoms with Gasteiger partial charge in [-0.3, -0.25) is 9.59 Å². The summed E-state index contributed by atoms with van der Waals surface area (Å²) in [5.41, 5.74) is 3.50. The lowest BCUT2D eigenvalue weighted by atomic mass is 9.87. The van der Waals surface area contributed by atoms with E-state index in [-0.39, 0.29) is 23.8 Å². The molecule has 0 fully saturated rings. The fraction of sp³-hybridized carbons (Fsp3) is 0.320. The lowest BCUT2D eigenvalue weighted by molar-refractivity contribution is -0.116. The average molecular weight is 450 g/mol. The van der Waals surface area contributed by atoms with Crippen LogP contribution in [0.15, 0.2) is 58.5 Å². The molecule has 2 heterocycles. The molecule has 1 aliphatic rings. The summed E-state index contributed by atoms with van der Waals surface area (Å²) in [6.45, 7) is 4.77. The Labute approximate surface area is 192 Å². The number of rotatable bonds is 7. The van der Waals surface area contributed by atoms with E-state index in [4.69, 9.17) is 4.74 Å². The number of hydrogen-bond acceptors (Lipinski definition) is 5. The molecule has 1 atom stereocenters. The Kier molecular flexibility index (Phi) is 6.65. The summed E-state index contributed by atoms with van der Waals surface area (Å²) >= 11 is 1.49. The van der Waals surface area contributed by atoms with Crippen LogP contribution in [0.1, 0.15) is 47.9 Å². The molecule has 0 unspecified atom stereocenters. The van der Waals surface area contributed by atoms with Gasteiger partial charge in [0.1, 0.15) is 11.6 Å². The zero-order chi connectivity index (χ0) is 22.7. The molecule has 4 rings (SSSR count). The van der Waals surface area contributed by atoms with Gasteiger partial charge in [0.25, 0.3) is 5.56 Å². The van der Waals surface area contributed by atoms with Crippen molar-refractivity contribution in [3.8, 4) is 5.75 Å². The number of nitrogens with one attached hydrogen (secondary N) is 1. The number of hydrogen-bond donors (Lipinski definition) is 1. The molecular weight excluding hydrogens is 422 g/mol. The van der Waals surface area contributed by atoms with E-state index < -0.39 is 0 Å². The van der Waals surface area contributed by atoms with Crippen LogP contribution in [0.5, 0.6) is 5.75 Å². The zero-order valence-electron chi connectivity index (χ0n) is 18.6. The molecule has 0 radical (unpaired) electrons. The third-order valence-corrected chi connectivity index (χ3v) is 6.61. The van der Waals surface area contributed by atoms with Crippen molar-refractivity contribution in [3.63, 3.8) is 0 Å². The standard InChI is InChI=1S/C25H27N3O3S/c1-4-12-31-19-10-8-18(9-11-19)20-14-21(29)26-23-22(20)24(30)27-25(28(23)3)32-15-17-7-5-6-16(2)13-17/h5-11,13,20H,4,12,14-15H2,1-3H3,(H,26,29)/t20-/m0/s1. The smallest absolute Gasteiger partial charge is 0.279 e. The molecule has 1 aromatic heterocycles. The van der Waals surface area contributed by atoms with Crippen molar-refractivity contribution in [2.45, 2.75) is 43.5 Å². The highest BCUT2D eigenvalue weighted by Gasteiger charge is 2.32. The molecule has 1 amide bonds. The fourth-order valence-corrected chi connectivity index (χ4v) is 4.82. The highest BCUT2D eigenvalue weighted by molar-refractivity contribution is 7.98. The van der Waals surface area contributed by atoms with Gasteiger partial charge in [0.2, 0.25) is 5.91 Å². The number of anilines is 1. The Morgan fingerprint density at radius 2 is 1.97 bits per heavy atom. The zero-order valence-corrected chi connectivity index (χ0v) is 19.4. The van der Waals surface area contributed by atoms with Gasteiger partial charge in [0.15, 0.2) is 5.16 Å². The number of amides is 1. The number of nitrogens with zero attached hydrogens (tertiary/aromatic N) is 2.